The van der Waals surface area contributed by atoms with Gasteiger partial charge in [0.1, 0.15) is 0 Å². The van der Waals surface area contributed by atoms with Crippen LogP contribution >= 0.6 is 0 Å². The van der Waals surface area contributed by atoms with E-state index in [1.807, 2.05) is 4.90 Å². The van der Waals surface area contributed by atoms with Crippen LogP contribution in [0, 0.1) is 11.8 Å². The highest BCUT2D eigenvalue weighted by Crippen LogP contribution is 2.36. The van der Waals surface area contributed by atoms with Crippen molar-refractivity contribution in [2.45, 2.75) is 44.3 Å². The lowest BCUT2D eigenvalue weighted by atomic mass is 9.93. The zero-order valence-electron chi connectivity index (χ0n) is 22.7. The third-order valence-electron chi connectivity index (χ3n) is 7.81. The normalized spacial score (nSPS) is 19.5. The second-order valence-corrected chi connectivity index (χ2v) is 10.4. The number of amides is 2. The summed E-state index contributed by atoms with van der Waals surface area (Å²) >= 11 is 0. The van der Waals surface area contributed by atoms with Crippen molar-refractivity contribution in [3.05, 3.63) is 54.2 Å². The molecule has 14 heteroatoms. The van der Waals surface area contributed by atoms with Gasteiger partial charge in [-0.25, -0.2) is 15.0 Å². The van der Waals surface area contributed by atoms with Crippen LogP contribution < -0.4 is 10.2 Å². The molecule has 1 aromatic carbocycles. The molecule has 2 aliphatic rings. The molecule has 2 amide bonds. The molecule has 222 valence electrons. The number of carbonyl (C=O) groups is 3. The molecular weight excluding hydrogens is 557 g/mol. The number of nitrogens with one attached hydrogen (secondary N) is 1. The molecule has 1 saturated heterocycles. The minimum atomic E-state index is -4.94. The number of nitrogens with zero attached hydrogens (tertiary/aromatic N) is 5. The van der Waals surface area contributed by atoms with Gasteiger partial charge in [0, 0.05) is 31.7 Å². The first kappa shape index (κ1) is 29.0. The van der Waals surface area contributed by atoms with E-state index < -0.39 is 41.3 Å². The number of carboxylic acid groups (broad SMARTS) is 1. The lowest BCUT2D eigenvalue weighted by Gasteiger charge is -2.38. The Balaban J connectivity index is 1.20. The highest BCUT2D eigenvalue weighted by atomic mass is 19.4. The van der Waals surface area contributed by atoms with Crippen LogP contribution in [-0.4, -0.2) is 68.9 Å². The second-order valence-electron chi connectivity index (χ2n) is 10.4. The summed E-state index contributed by atoms with van der Waals surface area (Å²) in [4.78, 5) is 53.2. The van der Waals surface area contributed by atoms with E-state index in [1.54, 1.807) is 30.1 Å². The van der Waals surface area contributed by atoms with Gasteiger partial charge in [-0.05, 0) is 37.8 Å². The topological polar surface area (TPSA) is 142 Å². The Morgan fingerprint density at radius 2 is 1.67 bits per heavy atom. The van der Waals surface area contributed by atoms with Crippen molar-refractivity contribution in [2.75, 3.05) is 30.4 Å². The summed E-state index contributed by atoms with van der Waals surface area (Å²) in [7, 11) is 1.72. The van der Waals surface area contributed by atoms with Crippen molar-refractivity contribution in [3.8, 4) is 11.5 Å². The van der Waals surface area contributed by atoms with Gasteiger partial charge >= 0.3 is 12.1 Å². The monoisotopic (exact) mass is 586 g/mol. The van der Waals surface area contributed by atoms with E-state index in [0.717, 1.165) is 6.42 Å². The lowest BCUT2D eigenvalue weighted by Crippen LogP contribution is -2.48. The number of anilines is 2. The molecule has 42 heavy (non-hydrogen) atoms. The summed E-state index contributed by atoms with van der Waals surface area (Å²) in [5.41, 5.74) is -0.540. The highest BCUT2D eigenvalue weighted by molar-refractivity contribution is 6.03. The smallest absolute Gasteiger partial charge is 0.452 e. The standard InChI is InChI=1S/C28H29F3N6O5/c1-36(25(39)19-8-5-9-20(19)26(40)41)18-10-12-37(13-11-18)27-32-14-17(15-33-27)34-23(38)21-22(28(29,30)31)42-24(35-21)16-6-3-2-4-7-16/h2-4,6-7,14-15,18-20H,5,8-13H2,1H3,(H,34,38)(H,40,41)/t19-,20-/m0/s1. The largest absolute Gasteiger partial charge is 0.481 e. The molecule has 1 saturated carbocycles. The van der Waals surface area contributed by atoms with Crippen molar-refractivity contribution in [1.82, 2.24) is 19.9 Å². The zero-order valence-corrected chi connectivity index (χ0v) is 22.7. The molecule has 0 bridgehead atoms. The number of oxazole rings is 1. The first-order chi connectivity index (χ1) is 20.0. The molecule has 0 unspecified atom stereocenters. The van der Waals surface area contributed by atoms with E-state index in [0.29, 0.717) is 44.7 Å². The first-order valence-corrected chi connectivity index (χ1v) is 13.5. The van der Waals surface area contributed by atoms with Crippen molar-refractivity contribution < 1.29 is 37.1 Å². The fourth-order valence-corrected chi connectivity index (χ4v) is 5.56. The van der Waals surface area contributed by atoms with Gasteiger partial charge in [0.15, 0.2) is 5.69 Å². The summed E-state index contributed by atoms with van der Waals surface area (Å²) in [6, 6.07) is 7.89. The molecule has 2 aromatic heterocycles. The average molecular weight is 587 g/mol. The van der Waals surface area contributed by atoms with Crippen LogP contribution in [0.25, 0.3) is 11.5 Å². The summed E-state index contributed by atoms with van der Waals surface area (Å²) in [5, 5.41) is 11.8. The molecule has 2 fully saturated rings. The predicted molar refractivity (Wildman–Crippen MR) is 143 cm³/mol. The number of benzene rings is 1. The highest BCUT2D eigenvalue weighted by Gasteiger charge is 2.42. The van der Waals surface area contributed by atoms with Gasteiger partial charge < -0.3 is 24.6 Å². The van der Waals surface area contributed by atoms with Crippen LogP contribution in [0.5, 0.6) is 0 Å². The maximum atomic E-state index is 13.6. The summed E-state index contributed by atoms with van der Waals surface area (Å²) < 4.78 is 45.7. The van der Waals surface area contributed by atoms with E-state index in [9.17, 15) is 32.7 Å². The molecule has 0 radical (unpaired) electrons. The maximum absolute atomic E-state index is 13.6. The number of aliphatic carboxylic acids is 1. The van der Waals surface area contributed by atoms with Crippen LogP contribution in [0.3, 0.4) is 0 Å². The SMILES string of the molecule is CN(C(=O)[C@H]1CCC[C@@H]1C(=O)O)C1CCN(c2ncc(NC(=O)c3nc(-c4ccccc4)oc3C(F)(F)F)cn2)CC1. The van der Waals surface area contributed by atoms with Gasteiger partial charge in [0.05, 0.1) is 29.9 Å². The van der Waals surface area contributed by atoms with Crippen LogP contribution in [0.1, 0.15) is 48.4 Å². The molecule has 1 aliphatic carbocycles. The molecule has 11 nitrogen and oxygen atoms in total. The molecule has 2 atom stereocenters. The summed E-state index contributed by atoms with van der Waals surface area (Å²) in [5.74, 6) is -4.78. The van der Waals surface area contributed by atoms with E-state index in [1.165, 1.54) is 24.5 Å². The molecule has 1 aliphatic heterocycles. The Bertz CT molecular complexity index is 1440. The Morgan fingerprint density at radius 1 is 1.02 bits per heavy atom. The van der Waals surface area contributed by atoms with Crippen LogP contribution in [0.15, 0.2) is 47.1 Å². The number of carboxylic acids is 1. The zero-order chi connectivity index (χ0) is 30.0. The summed E-state index contributed by atoms with van der Waals surface area (Å²) in [6.07, 6.45) is 0.729. The van der Waals surface area contributed by atoms with Crippen molar-refractivity contribution in [1.29, 1.82) is 0 Å². The number of rotatable bonds is 7. The van der Waals surface area contributed by atoms with Gasteiger partial charge in [-0.1, -0.05) is 24.6 Å². The van der Waals surface area contributed by atoms with E-state index in [4.69, 9.17) is 4.42 Å². The van der Waals surface area contributed by atoms with Gasteiger partial charge in [-0.2, -0.15) is 13.2 Å². The van der Waals surface area contributed by atoms with Gasteiger partial charge in [-0.3, -0.25) is 14.4 Å². The second kappa shape index (κ2) is 11.8. The lowest BCUT2D eigenvalue weighted by molar-refractivity contribution is -0.153. The van der Waals surface area contributed by atoms with E-state index in [-0.39, 0.29) is 29.1 Å². The Labute approximate surface area is 238 Å². The minimum Gasteiger partial charge on any atom is -0.481 e. The fourth-order valence-electron chi connectivity index (χ4n) is 5.56. The van der Waals surface area contributed by atoms with Gasteiger partial charge in [0.2, 0.25) is 23.5 Å². The van der Waals surface area contributed by atoms with E-state index in [2.05, 4.69) is 20.3 Å². The number of alkyl halides is 3. The average Bonchev–Trinajstić information content (AvgIpc) is 3.66. The third-order valence-corrected chi connectivity index (χ3v) is 7.81. The predicted octanol–water partition coefficient (Wildman–Crippen LogP) is 4.33. The molecule has 3 aromatic rings. The third kappa shape index (κ3) is 6.06. The molecular formula is C28H29F3N6O5. The molecule has 5 rings (SSSR count). The van der Waals surface area contributed by atoms with Crippen LogP contribution in [0.2, 0.25) is 0 Å². The van der Waals surface area contributed by atoms with Crippen LogP contribution in [-0.2, 0) is 15.8 Å². The minimum absolute atomic E-state index is 0.0478. The number of piperidine rings is 1. The molecule has 3 heterocycles. The molecule has 2 N–H and O–H groups in total. The van der Waals surface area contributed by atoms with Crippen molar-refractivity contribution >= 4 is 29.4 Å². The van der Waals surface area contributed by atoms with Gasteiger partial charge in [-0.15, -0.1) is 0 Å². The Hall–Kier alpha value is -4.49. The number of aromatic nitrogens is 3. The van der Waals surface area contributed by atoms with Crippen LogP contribution in [0.4, 0.5) is 24.8 Å². The fraction of sp³-hybridized carbons (Fsp3) is 0.429. The Kier molecular flexibility index (Phi) is 8.14. The van der Waals surface area contributed by atoms with Crippen molar-refractivity contribution in [3.63, 3.8) is 0 Å². The maximum Gasteiger partial charge on any atom is 0.452 e. The number of hydrogen-bond acceptors (Lipinski definition) is 8. The Morgan fingerprint density at radius 3 is 2.29 bits per heavy atom. The number of hydrogen-bond donors (Lipinski definition) is 2. The van der Waals surface area contributed by atoms with E-state index >= 15 is 0 Å². The van der Waals surface area contributed by atoms with Crippen molar-refractivity contribution in [2.24, 2.45) is 11.8 Å². The summed E-state index contributed by atoms with van der Waals surface area (Å²) in [6.45, 7) is 1.08. The number of carbonyl (C=O) groups excluding carboxylic acids is 2. The number of halogens is 3. The van der Waals surface area contributed by atoms with Gasteiger partial charge in [0.25, 0.3) is 5.91 Å². The quantitative estimate of drug-likeness (QED) is 0.414. The molecule has 0 spiro atoms. The first-order valence-electron chi connectivity index (χ1n) is 13.5.